The van der Waals surface area contributed by atoms with Gasteiger partial charge in [0.25, 0.3) is 0 Å². The lowest BCUT2D eigenvalue weighted by molar-refractivity contribution is -0.141. The van der Waals surface area contributed by atoms with Crippen LogP contribution in [-0.4, -0.2) is 11.1 Å². The van der Waals surface area contributed by atoms with E-state index >= 15 is 0 Å². The van der Waals surface area contributed by atoms with Crippen LogP contribution in [0.4, 0.5) is 0 Å². The van der Waals surface area contributed by atoms with E-state index in [1.807, 2.05) is 30.3 Å². The molecule has 0 bridgehead atoms. The molecule has 2 atom stereocenters. The van der Waals surface area contributed by atoms with Crippen molar-refractivity contribution < 1.29 is 9.90 Å². The number of benzene rings is 1. The average Bonchev–Trinajstić information content (AvgIpc) is 2.95. The van der Waals surface area contributed by atoms with E-state index in [1.165, 1.54) is 0 Å². The summed E-state index contributed by atoms with van der Waals surface area (Å²) >= 11 is 0. The van der Waals surface area contributed by atoms with Crippen molar-refractivity contribution in [3.8, 4) is 0 Å². The molecule has 72 valence electrons. The third-order valence-electron chi connectivity index (χ3n) is 2.97. The maximum Gasteiger partial charge on any atom is 0.314 e. The van der Waals surface area contributed by atoms with Gasteiger partial charge in [-0.3, -0.25) is 4.79 Å². The van der Waals surface area contributed by atoms with Gasteiger partial charge in [-0.15, -0.1) is 6.58 Å². The van der Waals surface area contributed by atoms with Gasteiger partial charge in [0.1, 0.15) is 0 Å². The van der Waals surface area contributed by atoms with Crippen molar-refractivity contribution in [1.29, 1.82) is 0 Å². The molecule has 0 unspecified atom stereocenters. The molecule has 2 nitrogen and oxygen atoms in total. The maximum absolute atomic E-state index is 11.0. The van der Waals surface area contributed by atoms with Gasteiger partial charge in [0.15, 0.2) is 0 Å². The molecule has 14 heavy (non-hydrogen) atoms. The Kier molecular flexibility index (Phi) is 1.92. The van der Waals surface area contributed by atoms with E-state index in [9.17, 15) is 4.79 Å². The zero-order valence-electron chi connectivity index (χ0n) is 7.81. The van der Waals surface area contributed by atoms with Gasteiger partial charge in [-0.2, -0.15) is 0 Å². The van der Waals surface area contributed by atoms with Gasteiger partial charge >= 0.3 is 5.97 Å². The zero-order chi connectivity index (χ0) is 10.2. The number of carboxylic acids is 1. The van der Waals surface area contributed by atoms with Crippen LogP contribution in [-0.2, 0) is 4.79 Å². The summed E-state index contributed by atoms with van der Waals surface area (Å²) in [6, 6.07) is 9.74. The summed E-state index contributed by atoms with van der Waals surface area (Å²) in [6.45, 7) is 3.61. The predicted molar refractivity (Wildman–Crippen MR) is 54.1 cm³/mol. The zero-order valence-corrected chi connectivity index (χ0v) is 7.81. The van der Waals surface area contributed by atoms with E-state index in [2.05, 4.69) is 6.58 Å². The summed E-state index contributed by atoms with van der Waals surface area (Å²) in [5, 5.41) is 9.06. The van der Waals surface area contributed by atoms with Crippen molar-refractivity contribution in [1.82, 2.24) is 0 Å². The number of aliphatic carboxylic acids is 1. The van der Waals surface area contributed by atoms with Gasteiger partial charge in [-0.1, -0.05) is 36.4 Å². The van der Waals surface area contributed by atoms with Crippen LogP contribution in [0.25, 0.3) is 0 Å². The topological polar surface area (TPSA) is 37.3 Å². The second kappa shape index (κ2) is 2.98. The Morgan fingerprint density at radius 2 is 2.14 bits per heavy atom. The SMILES string of the molecule is C=C[C@]1(C(=O)O)C[C@@H]1c1ccccc1. The Morgan fingerprint density at radius 3 is 2.57 bits per heavy atom. The van der Waals surface area contributed by atoms with E-state index in [4.69, 9.17) is 5.11 Å². The van der Waals surface area contributed by atoms with Crippen LogP contribution in [0.1, 0.15) is 17.9 Å². The molecule has 2 rings (SSSR count). The standard InChI is InChI=1S/C12H12O2/c1-2-12(11(13)14)8-10(12)9-6-4-3-5-7-9/h2-7,10H,1,8H2,(H,13,14)/t10-,12+/m1/s1. The molecule has 2 heteroatoms. The van der Waals surface area contributed by atoms with Crippen LogP contribution < -0.4 is 0 Å². The second-order valence-electron chi connectivity index (χ2n) is 3.72. The van der Waals surface area contributed by atoms with Crippen LogP contribution in [0.15, 0.2) is 43.0 Å². The lowest BCUT2D eigenvalue weighted by atomic mass is 9.99. The van der Waals surface area contributed by atoms with Crippen molar-refractivity contribution in [3.05, 3.63) is 48.6 Å². The van der Waals surface area contributed by atoms with Gasteiger partial charge in [0.2, 0.25) is 0 Å². The number of hydrogen-bond donors (Lipinski definition) is 1. The summed E-state index contributed by atoms with van der Waals surface area (Å²) in [7, 11) is 0. The Bertz CT molecular complexity index is 369. The molecular formula is C12H12O2. The highest BCUT2D eigenvalue weighted by molar-refractivity contribution is 5.83. The van der Waals surface area contributed by atoms with Gasteiger partial charge in [0.05, 0.1) is 5.41 Å². The molecule has 0 aliphatic heterocycles. The van der Waals surface area contributed by atoms with E-state index in [0.29, 0.717) is 6.42 Å². The highest BCUT2D eigenvalue weighted by Crippen LogP contribution is 2.60. The third kappa shape index (κ3) is 1.15. The summed E-state index contributed by atoms with van der Waals surface area (Å²) in [5.74, 6) is -0.653. The summed E-state index contributed by atoms with van der Waals surface area (Å²) < 4.78 is 0. The first kappa shape index (κ1) is 9.00. The van der Waals surface area contributed by atoms with Gasteiger partial charge < -0.3 is 5.11 Å². The van der Waals surface area contributed by atoms with Gasteiger partial charge in [0, 0.05) is 5.92 Å². The van der Waals surface area contributed by atoms with E-state index in [0.717, 1.165) is 5.56 Å². The molecule has 0 spiro atoms. The monoisotopic (exact) mass is 188 g/mol. The van der Waals surface area contributed by atoms with Gasteiger partial charge in [-0.05, 0) is 12.0 Å². The average molecular weight is 188 g/mol. The van der Waals surface area contributed by atoms with Crippen molar-refractivity contribution in [2.75, 3.05) is 0 Å². The number of carbonyl (C=O) groups is 1. The van der Waals surface area contributed by atoms with Crippen molar-refractivity contribution in [2.45, 2.75) is 12.3 Å². The Morgan fingerprint density at radius 1 is 1.50 bits per heavy atom. The first-order valence-corrected chi connectivity index (χ1v) is 4.62. The smallest absolute Gasteiger partial charge is 0.314 e. The fraction of sp³-hybridized carbons (Fsp3) is 0.250. The summed E-state index contributed by atoms with van der Waals surface area (Å²) in [6.07, 6.45) is 2.24. The predicted octanol–water partition coefficient (Wildman–Crippen LogP) is 2.43. The minimum absolute atomic E-state index is 0.110. The minimum Gasteiger partial charge on any atom is -0.481 e. The number of hydrogen-bond acceptors (Lipinski definition) is 1. The van der Waals surface area contributed by atoms with Crippen LogP contribution >= 0.6 is 0 Å². The first-order valence-electron chi connectivity index (χ1n) is 4.62. The third-order valence-corrected chi connectivity index (χ3v) is 2.97. The molecule has 0 heterocycles. The quantitative estimate of drug-likeness (QED) is 0.740. The Labute approximate surface area is 82.9 Å². The highest BCUT2D eigenvalue weighted by atomic mass is 16.4. The Balaban J connectivity index is 2.27. The van der Waals surface area contributed by atoms with E-state index in [1.54, 1.807) is 6.08 Å². The fourth-order valence-corrected chi connectivity index (χ4v) is 1.93. The number of carboxylic acid groups (broad SMARTS) is 1. The van der Waals surface area contributed by atoms with E-state index < -0.39 is 11.4 Å². The fourth-order valence-electron chi connectivity index (χ4n) is 1.93. The maximum atomic E-state index is 11.0. The highest BCUT2D eigenvalue weighted by Gasteiger charge is 2.58. The Hall–Kier alpha value is -1.57. The molecule has 0 saturated heterocycles. The van der Waals surface area contributed by atoms with Crippen LogP contribution in [0, 0.1) is 5.41 Å². The number of rotatable bonds is 3. The van der Waals surface area contributed by atoms with Crippen molar-refractivity contribution >= 4 is 5.97 Å². The molecule has 1 aromatic rings. The summed E-state index contributed by atoms with van der Waals surface area (Å²) in [4.78, 5) is 11.0. The lowest BCUT2D eigenvalue weighted by Gasteiger charge is -2.05. The second-order valence-corrected chi connectivity index (χ2v) is 3.72. The largest absolute Gasteiger partial charge is 0.481 e. The molecular weight excluding hydrogens is 176 g/mol. The first-order chi connectivity index (χ1) is 6.70. The molecule has 1 fully saturated rings. The van der Waals surface area contributed by atoms with Gasteiger partial charge in [-0.25, -0.2) is 0 Å². The minimum atomic E-state index is -0.763. The van der Waals surface area contributed by atoms with E-state index in [-0.39, 0.29) is 5.92 Å². The molecule has 1 aliphatic carbocycles. The molecule has 1 N–H and O–H groups in total. The molecule has 0 aromatic heterocycles. The lowest BCUT2D eigenvalue weighted by Crippen LogP contribution is -2.13. The van der Waals surface area contributed by atoms with Crippen LogP contribution in [0.5, 0.6) is 0 Å². The molecule has 0 amide bonds. The molecule has 0 radical (unpaired) electrons. The van der Waals surface area contributed by atoms with Crippen LogP contribution in [0.3, 0.4) is 0 Å². The normalized spacial score (nSPS) is 29.6. The van der Waals surface area contributed by atoms with Crippen LogP contribution in [0.2, 0.25) is 0 Å². The summed E-state index contributed by atoms with van der Waals surface area (Å²) in [5.41, 5.74) is 0.385. The molecule has 1 aliphatic rings. The van der Waals surface area contributed by atoms with Crippen molar-refractivity contribution in [3.63, 3.8) is 0 Å². The molecule has 1 saturated carbocycles. The van der Waals surface area contributed by atoms with Crippen molar-refractivity contribution in [2.24, 2.45) is 5.41 Å². The molecule has 1 aromatic carbocycles.